The summed E-state index contributed by atoms with van der Waals surface area (Å²) in [4.78, 5) is 24.0. The van der Waals surface area contributed by atoms with Crippen LogP contribution >= 0.6 is 11.6 Å². The number of unbranched alkanes of at least 4 members (excludes halogenated alkanes) is 1. The maximum Gasteiger partial charge on any atom is 0.287 e. The van der Waals surface area contributed by atoms with Gasteiger partial charge < -0.3 is 4.90 Å². The minimum absolute atomic E-state index is 0.0117. The van der Waals surface area contributed by atoms with Crippen molar-refractivity contribution in [3.05, 3.63) is 38.9 Å². The van der Waals surface area contributed by atoms with Gasteiger partial charge in [0, 0.05) is 24.7 Å². The first kappa shape index (κ1) is 15.4. The van der Waals surface area contributed by atoms with Crippen LogP contribution < -0.4 is 0 Å². The number of carbonyl (C=O) groups is 1. The summed E-state index contributed by atoms with van der Waals surface area (Å²) >= 11 is 5.81. The van der Waals surface area contributed by atoms with Gasteiger partial charge in [0.25, 0.3) is 11.6 Å². The predicted octanol–water partition coefficient (Wildman–Crippen LogP) is 3.51. The largest absolute Gasteiger partial charge is 0.339 e. The van der Waals surface area contributed by atoms with Crippen molar-refractivity contribution in [3.8, 4) is 0 Å². The molecule has 0 fully saturated rings. The molecular formula is C13H17ClN2O3. The van der Waals surface area contributed by atoms with Gasteiger partial charge >= 0.3 is 0 Å². The second kappa shape index (κ2) is 7.09. The molecule has 0 heterocycles. The molecule has 1 aromatic rings. The third kappa shape index (κ3) is 3.92. The molecule has 104 valence electrons. The highest BCUT2D eigenvalue weighted by atomic mass is 35.5. The molecule has 0 aliphatic rings. The Balaban J connectivity index is 2.93. The second-order valence-corrected chi connectivity index (χ2v) is 4.57. The second-order valence-electron chi connectivity index (χ2n) is 4.16. The first-order valence-electron chi connectivity index (χ1n) is 6.24. The first-order chi connectivity index (χ1) is 9.01. The van der Waals surface area contributed by atoms with E-state index in [0.717, 1.165) is 12.8 Å². The van der Waals surface area contributed by atoms with Gasteiger partial charge in [0.2, 0.25) is 0 Å². The van der Waals surface area contributed by atoms with E-state index in [1.165, 1.54) is 18.2 Å². The summed E-state index contributed by atoms with van der Waals surface area (Å²) in [5, 5.41) is 10.6. The maximum atomic E-state index is 12.2. The summed E-state index contributed by atoms with van der Waals surface area (Å²) in [6.07, 6.45) is 1.94. The van der Waals surface area contributed by atoms with Gasteiger partial charge in [0.15, 0.2) is 0 Å². The fourth-order valence-corrected chi connectivity index (χ4v) is 1.97. The average molecular weight is 285 g/mol. The van der Waals surface area contributed by atoms with Gasteiger partial charge in [0.1, 0.15) is 5.02 Å². The van der Waals surface area contributed by atoms with Gasteiger partial charge in [-0.25, -0.2) is 0 Å². The Bertz CT molecular complexity index is 477. The molecule has 1 aromatic carbocycles. The zero-order valence-corrected chi connectivity index (χ0v) is 11.8. The van der Waals surface area contributed by atoms with Crippen LogP contribution in [-0.4, -0.2) is 28.8 Å². The number of carbonyl (C=O) groups excluding carboxylic acids is 1. The number of nitrogens with zero attached hydrogens (tertiary/aromatic N) is 2. The van der Waals surface area contributed by atoms with Crippen molar-refractivity contribution in [2.24, 2.45) is 0 Å². The third-order valence-corrected chi connectivity index (χ3v) is 3.14. The molecule has 0 bridgehead atoms. The molecule has 0 atom stereocenters. The number of nitro benzene ring substituents is 1. The van der Waals surface area contributed by atoms with E-state index < -0.39 is 4.92 Å². The van der Waals surface area contributed by atoms with Crippen LogP contribution in [0, 0.1) is 10.1 Å². The number of halogens is 1. The van der Waals surface area contributed by atoms with E-state index in [9.17, 15) is 14.9 Å². The van der Waals surface area contributed by atoms with Crippen molar-refractivity contribution in [2.45, 2.75) is 26.7 Å². The number of nitro groups is 1. The molecule has 0 aliphatic heterocycles. The van der Waals surface area contributed by atoms with Gasteiger partial charge in [-0.2, -0.15) is 0 Å². The summed E-state index contributed by atoms with van der Waals surface area (Å²) in [5.74, 6) is -0.146. The summed E-state index contributed by atoms with van der Waals surface area (Å²) in [6.45, 7) is 5.25. The number of hydrogen-bond donors (Lipinski definition) is 0. The van der Waals surface area contributed by atoms with Crippen LogP contribution in [0.5, 0.6) is 0 Å². The number of rotatable bonds is 6. The van der Waals surface area contributed by atoms with E-state index in [4.69, 9.17) is 11.6 Å². The van der Waals surface area contributed by atoms with E-state index in [1.54, 1.807) is 4.90 Å². The van der Waals surface area contributed by atoms with Crippen molar-refractivity contribution < 1.29 is 9.72 Å². The normalized spacial score (nSPS) is 10.3. The lowest BCUT2D eigenvalue weighted by Gasteiger charge is -2.20. The van der Waals surface area contributed by atoms with Gasteiger partial charge in [-0.3, -0.25) is 14.9 Å². The van der Waals surface area contributed by atoms with E-state index in [2.05, 4.69) is 6.92 Å². The predicted molar refractivity (Wildman–Crippen MR) is 74.6 cm³/mol. The molecule has 19 heavy (non-hydrogen) atoms. The summed E-state index contributed by atoms with van der Waals surface area (Å²) < 4.78 is 0. The smallest absolute Gasteiger partial charge is 0.287 e. The van der Waals surface area contributed by atoms with Crippen molar-refractivity contribution in [1.82, 2.24) is 4.90 Å². The van der Waals surface area contributed by atoms with Gasteiger partial charge in [0.05, 0.1) is 4.92 Å². The Morgan fingerprint density at radius 3 is 2.58 bits per heavy atom. The standard InChI is InChI=1S/C13H17ClN2O3/c1-3-5-8-15(4-2)13(17)10-6-7-12(16(18)19)11(14)9-10/h6-7,9H,3-5,8H2,1-2H3. The highest BCUT2D eigenvalue weighted by Gasteiger charge is 2.18. The SMILES string of the molecule is CCCCN(CC)C(=O)c1ccc([N+](=O)[O-])c(Cl)c1. The minimum Gasteiger partial charge on any atom is -0.339 e. The maximum absolute atomic E-state index is 12.2. The van der Waals surface area contributed by atoms with E-state index in [1.807, 2.05) is 6.92 Å². The minimum atomic E-state index is -0.564. The fourth-order valence-electron chi connectivity index (χ4n) is 1.72. The molecule has 0 saturated carbocycles. The molecule has 0 aromatic heterocycles. The Morgan fingerprint density at radius 1 is 1.42 bits per heavy atom. The molecule has 0 radical (unpaired) electrons. The van der Waals surface area contributed by atoms with E-state index in [0.29, 0.717) is 18.7 Å². The lowest BCUT2D eigenvalue weighted by molar-refractivity contribution is -0.384. The van der Waals surface area contributed by atoms with Crippen molar-refractivity contribution in [3.63, 3.8) is 0 Å². The lowest BCUT2D eigenvalue weighted by atomic mass is 10.1. The number of benzene rings is 1. The number of hydrogen-bond acceptors (Lipinski definition) is 3. The third-order valence-electron chi connectivity index (χ3n) is 2.84. The summed E-state index contributed by atoms with van der Waals surface area (Å²) in [7, 11) is 0. The molecule has 5 nitrogen and oxygen atoms in total. The van der Waals surface area contributed by atoms with Gasteiger partial charge in [-0.15, -0.1) is 0 Å². The molecular weight excluding hydrogens is 268 g/mol. The van der Waals surface area contributed by atoms with E-state index in [-0.39, 0.29) is 16.6 Å². The summed E-state index contributed by atoms with van der Waals surface area (Å²) in [6, 6.07) is 4.07. The monoisotopic (exact) mass is 284 g/mol. The Hall–Kier alpha value is -1.62. The van der Waals surface area contributed by atoms with Gasteiger partial charge in [-0.1, -0.05) is 24.9 Å². The van der Waals surface area contributed by atoms with Gasteiger partial charge in [-0.05, 0) is 25.5 Å². The molecule has 0 saturated heterocycles. The van der Waals surface area contributed by atoms with Crippen LogP contribution in [0.4, 0.5) is 5.69 Å². The van der Waals surface area contributed by atoms with Crippen LogP contribution in [-0.2, 0) is 0 Å². The highest BCUT2D eigenvalue weighted by molar-refractivity contribution is 6.33. The first-order valence-corrected chi connectivity index (χ1v) is 6.62. The van der Waals surface area contributed by atoms with Crippen LogP contribution in [0.25, 0.3) is 0 Å². The topological polar surface area (TPSA) is 63.5 Å². The molecule has 0 spiro atoms. The molecule has 1 amide bonds. The average Bonchev–Trinajstić information content (AvgIpc) is 2.38. The fraction of sp³-hybridized carbons (Fsp3) is 0.462. The molecule has 0 aliphatic carbocycles. The molecule has 1 rings (SSSR count). The summed E-state index contributed by atoms with van der Waals surface area (Å²) in [5.41, 5.74) is 0.198. The Morgan fingerprint density at radius 2 is 2.11 bits per heavy atom. The quantitative estimate of drug-likeness (QED) is 0.593. The molecule has 0 N–H and O–H groups in total. The molecule has 0 unspecified atom stereocenters. The van der Waals surface area contributed by atoms with E-state index >= 15 is 0 Å². The van der Waals surface area contributed by atoms with Crippen molar-refractivity contribution in [1.29, 1.82) is 0 Å². The van der Waals surface area contributed by atoms with Crippen molar-refractivity contribution in [2.75, 3.05) is 13.1 Å². The van der Waals surface area contributed by atoms with Crippen LogP contribution in [0.2, 0.25) is 5.02 Å². The molecule has 6 heteroatoms. The zero-order chi connectivity index (χ0) is 14.4. The van der Waals surface area contributed by atoms with Crippen LogP contribution in [0.15, 0.2) is 18.2 Å². The highest BCUT2D eigenvalue weighted by Crippen LogP contribution is 2.25. The Labute approximate surface area is 117 Å². The lowest BCUT2D eigenvalue weighted by Crippen LogP contribution is -2.31. The van der Waals surface area contributed by atoms with Crippen LogP contribution in [0.1, 0.15) is 37.0 Å². The van der Waals surface area contributed by atoms with Crippen molar-refractivity contribution >= 4 is 23.2 Å². The zero-order valence-electron chi connectivity index (χ0n) is 11.1. The Kier molecular flexibility index (Phi) is 5.76. The van der Waals surface area contributed by atoms with Crippen LogP contribution in [0.3, 0.4) is 0 Å². The number of amides is 1.